The predicted octanol–water partition coefficient (Wildman–Crippen LogP) is 4.58. The lowest BCUT2D eigenvalue weighted by molar-refractivity contribution is -0.384. The maximum atomic E-state index is 12.6. The summed E-state index contributed by atoms with van der Waals surface area (Å²) >= 11 is 0. The lowest BCUT2D eigenvalue weighted by Crippen LogP contribution is -2.11. The summed E-state index contributed by atoms with van der Waals surface area (Å²) < 4.78 is 48.3. The molecule has 11 heteroatoms. The van der Waals surface area contributed by atoms with Gasteiger partial charge in [-0.15, -0.1) is 10.2 Å². The van der Waals surface area contributed by atoms with Gasteiger partial charge in [-0.3, -0.25) is 10.1 Å². The van der Waals surface area contributed by atoms with E-state index in [1.54, 1.807) is 0 Å². The highest BCUT2D eigenvalue weighted by atomic mass is 19.4. The summed E-state index contributed by atoms with van der Waals surface area (Å²) in [4.78, 5) is 22.2. The average molecular weight is 407 g/mol. The SMILES string of the molecule is C[C@@H](OC(=O)c1ccc(C(F)(F)F)cc1)c1nnc(-c2ccc([N+](=O)[O-])cc2)o1. The third-order valence-corrected chi connectivity index (χ3v) is 3.85. The van der Waals surface area contributed by atoms with Crippen molar-refractivity contribution in [3.63, 3.8) is 0 Å². The Labute approximate surface area is 161 Å². The molecule has 3 aromatic rings. The molecule has 0 radical (unpaired) electrons. The van der Waals surface area contributed by atoms with Crippen molar-refractivity contribution in [2.24, 2.45) is 0 Å². The van der Waals surface area contributed by atoms with Gasteiger partial charge in [0.2, 0.25) is 5.89 Å². The van der Waals surface area contributed by atoms with Gasteiger partial charge in [-0.05, 0) is 43.3 Å². The van der Waals surface area contributed by atoms with E-state index in [0.29, 0.717) is 5.56 Å². The standard InChI is InChI=1S/C18H12F3N3O5/c1-10(28-17(25)12-2-6-13(7-3-12)18(19,20)21)15-22-23-16(29-15)11-4-8-14(9-5-11)24(26)27/h2-10H,1H3/t10-/m1/s1. The molecule has 1 atom stereocenters. The maximum absolute atomic E-state index is 12.6. The number of aromatic nitrogens is 2. The number of hydrogen-bond donors (Lipinski definition) is 0. The van der Waals surface area contributed by atoms with Crippen LogP contribution in [0, 0.1) is 10.1 Å². The summed E-state index contributed by atoms with van der Waals surface area (Å²) in [5, 5.41) is 18.2. The van der Waals surface area contributed by atoms with Crippen molar-refractivity contribution >= 4 is 11.7 Å². The summed E-state index contributed by atoms with van der Waals surface area (Å²) in [6.07, 6.45) is -5.47. The molecule has 0 saturated carbocycles. The van der Waals surface area contributed by atoms with Gasteiger partial charge < -0.3 is 9.15 Å². The molecule has 0 aliphatic rings. The molecule has 150 valence electrons. The second-order valence-electron chi connectivity index (χ2n) is 5.87. The van der Waals surface area contributed by atoms with Crippen molar-refractivity contribution in [2.75, 3.05) is 0 Å². The fourth-order valence-corrected chi connectivity index (χ4v) is 2.32. The Morgan fingerprint density at radius 3 is 2.28 bits per heavy atom. The normalized spacial score (nSPS) is 12.4. The van der Waals surface area contributed by atoms with Crippen molar-refractivity contribution in [1.29, 1.82) is 0 Å². The van der Waals surface area contributed by atoms with Crippen LogP contribution in [-0.2, 0) is 10.9 Å². The van der Waals surface area contributed by atoms with E-state index in [9.17, 15) is 28.1 Å². The number of nitro groups is 1. The Balaban J connectivity index is 1.69. The Bertz CT molecular complexity index is 1030. The smallest absolute Gasteiger partial charge is 0.416 e. The minimum absolute atomic E-state index is 0.0429. The van der Waals surface area contributed by atoms with Gasteiger partial charge in [0.05, 0.1) is 16.1 Å². The van der Waals surface area contributed by atoms with Crippen LogP contribution in [0.15, 0.2) is 52.9 Å². The highest BCUT2D eigenvalue weighted by Crippen LogP contribution is 2.29. The van der Waals surface area contributed by atoms with Gasteiger partial charge in [0.1, 0.15) is 0 Å². The molecule has 0 aliphatic heterocycles. The number of esters is 1. The molecule has 1 aromatic heterocycles. The molecule has 0 amide bonds. The topological polar surface area (TPSA) is 108 Å². The number of carbonyl (C=O) groups is 1. The lowest BCUT2D eigenvalue weighted by Gasteiger charge is -2.10. The van der Waals surface area contributed by atoms with Crippen LogP contribution in [-0.4, -0.2) is 21.1 Å². The summed E-state index contributed by atoms with van der Waals surface area (Å²) in [6, 6.07) is 8.96. The van der Waals surface area contributed by atoms with Crippen LogP contribution in [0.4, 0.5) is 18.9 Å². The summed E-state index contributed by atoms with van der Waals surface area (Å²) in [5.41, 5.74) is -0.630. The third-order valence-electron chi connectivity index (χ3n) is 3.85. The van der Waals surface area contributed by atoms with E-state index in [4.69, 9.17) is 9.15 Å². The van der Waals surface area contributed by atoms with Gasteiger partial charge in [0, 0.05) is 17.7 Å². The first-order valence-corrected chi connectivity index (χ1v) is 8.11. The van der Waals surface area contributed by atoms with E-state index in [-0.39, 0.29) is 23.0 Å². The summed E-state index contributed by atoms with van der Waals surface area (Å²) in [6.45, 7) is 1.45. The molecule has 0 N–H and O–H groups in total. The van der Waals surface area contributed by atoms with Crippen LogP contribution in [0.1, 0.15) is 34.8 Å². The van der Waals surface area contributed by atoms with Crippen molar-refractivity contribution < 1.29 is 32.0 Å². The number of hydrogen-bond acceptors (Lipinski definition) is 7. The molecular formula is C18H12F3N3O5. The number of nitro benzene ring substituents is 1. The van der Waals surface area contributed by atoms with Crippen LogP contribution < -0.4 is 0 Å². The van der Waals surface area contributed by atoms with E-state index in [1.807, 2.05) is 0 Å². The first-order valence-electron chi connectivity index (χ1n) is 8.11. The minimum Gasteiger partial charge on any atom is -0.449 e. The highest BCUT2D eigenvalue weighted by Gasteiger charge is 2.30. The lowest BCUT2D eigenvalue weighted by atomic mass is 10.1. The van der Waals surface area contributed by atoms with Gasteiger partial charge in [0.25, 0.3) is 11.6 Å². The molecule has 0 bridgehead atoms. The molecule has 0 saturated heterocycles. The van der Waals surface area contributed by atoms with E-state index < -0.39 is 28.7 Å². The number of alkyl halides is 3. The van der Waals surface area contributed by atoms with Gasteiger partial charge in [0.15, 0.2) is 6.10 Å². The Morgan fingerprint density at radius 2 is 1.72 bits per heavy atom. The summed E-state index contributed by atoms with van der Waals surface area (Å²) in [5.74, 6) is -0.841. The zero-order valence-electron chi connectivity index (χ0n) is 14.7. The fraction of sp³-hybridized carbons (Fsp3) is 0.167. The molecule has 0 aliphatic carbocycles. The second kappa shape index (κ2) is 7.70. The maximum Gasteiger partial charge on any atom is 0.416 e. The number of nitrogens with zero attached hydrogens (tertiary/aromatic N) is 3. The third kappa shape index (κ3) is 4.57. The molecular weight excluding hydrogens is 395 g/mol. The highest BCUT2D eigenvalue weighted by molar-refractivity contribution is 5.89. The molecule has 0 unspecified atom stereocenters. The first kappa shape index (κ1) is 20.0. The number of rotatable bonds is 5. The molecule has 3 rings (SSSR count). The largest absolute Gasteiger partial charge is 0.449 e. The fourth-order valence-electron chi connectivity index (χ4n) is 2.32. The molecule has 0 fully saturated rings. The van der Waals surface area contributed by atoms with E-state index in [1.165, 1.54) is 31.2 Å². The van der Waals surface area contributed by atoms with Crippen LogP contribution in [0.5, 0.6) is 0 Å². The van der Waals surface area contributed by atoms with Gasteiger partial charge >= 0.3 is 12.1 Å². The number of halogens is 3. The quantitative estimate of drug-likeness (QED) is 0.346. The Morgan fingerprint density at radius 1 is 1.10 bits per heavy atom. The van der Waals surface area contributed by atoms with Crippen molar-refractivity contribution in [1.82, 2.24) is 10.2 Å². The number of carbonyl (C=O) groups excluding carboxylic acids is 1. The van der Waals surface area contributed by atoms with Crippen LogP contribution >= 0.6 is 0 Å². The Hall–Kier alpha value is -3.76. The predicted molar refractivity (Wildman–Crippen MR) is 91.7 cm³/mol. The molecule has 1 heterocycles. The van der Waals surface area contributed by atoms with Crippen molar-refractivity contribution in [3.05, 3.63) is 75.7 Å². The minimum atomic E-state index is -4.51. The van der Waals surface area contributed by atoms with Crippen LogP contribution in [0.3, 0.4) is 0 Å². The Kier molecular flexibility index (Phi) is 5.31. The molecule has 0 spiro atoms. The van der Waals surface area contributed by atoms with Crippen molar-refractivity contribution in [2.45, 2.75) is 19.2 Å². The number of benzene rings is 2. The molecule has 29 heavy (non-hydrogen) atoms. The van der Waals surface area contributed by atoms with Crippen LogP contribution in [0.25, 0.3) is 11.5 Å². The van der Waals surface area contributed by atoms with Gasteiger partial charge in [-0.25, -0.2) is 4.79 Å². The molecule has 8 nitrogen and oxygen atoms in total. The van der Waals surface area contributed by atoms with Gasteiger partial charge in [-0.1, -0.05) is 0 Å². The summed E-state index contributed by atoms with van der Waals surface area (Å²) in [7, 11) is 0. The zero-order valence-corrected chi connectivity index (χ0v) is 14.7. The monoisotopic (exact) mass is 407 g/mol. The second-order valence-corrected chi connectivity index (χ2v) is 5.87. The van der Waals surface area contributed by atoms with E-state index in [0.717, 1.165) is 24.3 Å². The van der Waals surface area contributed by atoms with Gasteiger partial charge in [-0.2, -0.15) is 13.2 Å². The van der Waals surface area contributed by atoms with E-state index >= 15 is 0 Å². The van der Waals surface area contributed by atoms with Crippen molar-refractivity contribution in [3.8, 4) is 11.5 Å². The molecule has 2 aromatic carbocycles. The number of non-ortho nitro benzene ring substituents is 1. The first-order chi connectivity index (χ1) is 13.6. The van der Waals surface area contributed by atoms with E-state index in [2.05, 4.69) is 10.2 Å². The zero-order chi connectivity index (χ0) is 21.2. The number of ether oxygens (including phenoxy) is 1. The average Bonchev–Trinajstić information content (AvgIpc) is 3.18. The van der Waals surface area contributed by atoms with Crippen LogP contribution in [0.2, 0.25) is 0 Å².